The minimum Gasteiger partial charge on any atom is -0.396 e. The third-order valence-electron chi connectivity index (χ3n) is 1.69. The Kier molecular flexibility index (Phi) is 5.32. The molecule has 0 amide bonds. The van der Waals surface area contributed by atoms with Gasteiger partial charge in [-0.2, -0.15) is 0 Å². The zero-order valence-corrected chi connectivity index (χ0v) is 7.06. The maximum atomic E-state index is 8.58. The molecule has 0 spiro atoms. The van der Waals surface area contributed by atoms with Crippen LogP contribution < -0.4 is 0 Å². The van der Waals surface area contributed by atoms with Crippen LogP contribution in [-0.2, 0) is 0 Å². The number of aliphatic hydroxyl groups is 1. The standard InChI is InChI=1S/C9H18O/c1-8(2)4-5-9(3)6-7-10/h9-10H,1,4-7H2,2-3H3. The van der Waals surface area contributed by atoms with Crippen molar-refractivity contribution in [2.75, 3.05) is 6.61 Å². The Morgan fingerprint density at radius 3 is 2.50 bits per heavy atom. The van der Waals surface area contributed by atoms with E-state index in [1.165, 1.54) is 5.57 Å². The number of allylic oxidation sites excluding steroid dienone is 1. The molecule has 10 heavy (non-hydrogen) atoms. The molecule has 1 unspecified atom stereocenters. The van der Waals surface area contributed by atoms with E-state index in [1.807, 2.05) is 6.92 Å². The van der Waals surface area contributed by atoms with Crippen LogP contribution in [0.15, 0.2) is 12.2 Å². The Morgan fingerprint density at radius 1 is 1.50 bits per heavy atom. The van der Waals surface area contributed by atoms with Crippen LogP contribution in [0.4, 0.5) is 0 Å². The maximum absolute atomic E-state index is 8.58. The van der Waals surface area contributed by atoms with Crippen LogP contribution in [0.1, 0.15) is 33.1 Å². The molecule has 0 fully saturated rings. The van der Waals surface area contributed by atoms with Crippen molar-refractivity contribution in [3.05, 3.63) is 12.2 Å². The zero-order valence-electron chi connectivity index (χ0n) is 7.06. The molecule has 0 aromatic carbocycles. The van der Waals surface area contributed by atoms with Gasteiger partial charge in [-0.15, -0.1) is 6.58 Å². The molecule has 0 aliphatic carbocycles. The van der Waals surface area contributed by atoms with Gasteiger partial charge < -0.3 is 5.11 Å². The van der Waals surface area contributed by atoms with Crippen LogP contribution in [0, 0.1) is 5.92 Å². The van der Waals surface area contributed by atoms with Gasteiger partial charge in [0.25, 0.3) is 0 Å². The Morgan fingerprint density at radius 2 is 2.10 bits per heavy atom. The van der Waals surface area contributed by atoms with E-state index in [1.54, 1.807) is 0 Å². The van der Waals surface area contributed by atoms with Crippen LogP contribution in [0.2, 0.25) is 0 Å². The first-order valence-corrected chi connectivity index (χ1v) is 3.92. The van der Waals surface area contributed by atoms with E-state index in [0.717, 1.165) is 19.3 Å². The smallest absolute Gasteiger partial charge is 0.0433 e. The van der Waals surface area contributed by atoms with Gasteiger partial charge in [0.05, 0.1) is 0 Å². The summed E-state index contributed by atoms with van der Waals surface area (Å²) in [5.41, 5.74) is 1.24. The maximum Gasteiger partial charge on any atom is 0.0433 e. The largest absolute Gasteiger partial charge is 0.396 e. The molecule has 1 nitrogen and oxygen atoms in total. The fourth-order valence-corrected chi connectivity index (χ4v) is 0.858. The van der Waals surface area contributed by atoms with Crippen LogP contribution >= 0.6 is 0 Å². The third-order valence-corrected chi connectivity index (χ3v) is 1.69. The zero-order chi connectivity index (χ0) is 7.98. The van der Waals surface area contributed by atoms with Crippen molar-refractivity contribution in [2.24, 2.45) is 5.92 Å². The fourth-order valence-electron chi connectivity index (χ4n) is 0.858. The molecule has 0 heterocycles. The first kappa shape index (κ1) is 9.70. The lowest BCUT2D eigenvalue weighted by molar-refractivity contribution is 0.258. The van der Waals surface area contributed by atoms with Gasteiger partial charge in [0.2, 0.25) is 0 Å². The molecule has 0 radical (unpaired) electrons. The van der Waals surface area contributed by atoms with Crippen LogP contribution in [-0.4, -0.2) is 11.7 Å². The molecule has 0 aliphatic rings. The van der Waals surface area contributed by atoms with Crippen LogP contribution in [0.5, 0.6) is 0 Å². The fraction of sp³-hybridized carbons (Fsp3) is 0.778. The molecule has 1 heteroatoms. The molecular formula is C9H18O. The summed E-state index contributed by atoms with van der Waals surface area (Å²) in [5.74, 6) is 0.640. The normalized spacial score (nSPS) is 13.1. The average molecular weight is 142 g/mol. The topological polar surface area (TPSA) is 20.2 Å². The van der Waals surface area contributed by atoms with E-state index in [2.05, 4.69) is 13.5 Å². The van der Waals surface area contributed by atoms with Crippen LogP contribution in [0.3, 0.4) is 0 Å². The van der Waals surface area contributed by atoms with Gasteiger partial charge >= 0.3 is 0 Å². The number of hydrogen-bond acceptors (Lipinski definition) is 1. The SMILES string of the molecule is C=C(C)CCC(C)CCO. The van der Waals surface area contributed by atoms with Gasteiger partial charge in [-0.3, -0.25) is 0 Å². The second-order valence-electron chi connectivity index (χ2n) is 3.11. The highest BCUT2D eigenvalue weighted by molar-refractivity contribution is 4.87. The Balaban J connectivity index is 3.21. The summed E-state index contributed by atoms with van der Waals surface area (Å²) in [7, 11) is 0. The Bertz CT molecular complexity index is 96.9. The molecule has 0 rings (SSSR count). The van der Waals surface area contributed by atoms with E-state index >= 15 is 0 Å². The lowest BCUT2D eigenvalue weighted by atomic mass is 10.00. The molecule has 0 saturated carbocycles. The first-order chi connectivity index (χ1) is 4.66. The highest BCUT2D eigenvalue weighted by Gasteiger charge is 1.99. The Labute approximate surface area is 63.8 Å². The number of aliphatic hydroxyl groups excluding tert-OH is 1. The summed E-state index contributed by atoms with van der Waals surface area (Å²) >= 11 is 0. The molecule has 1 N–H and O–H groups in total. The van der Waals surface area contributed by atoms with Crippen molar-refractivity contribution in [1.29, 1.82) is 0 Å². The van der Waals surface area contributed by atoms with Gasteiger partial charge in [0.1, 0.15) is 0 Å². The predicted octanol–water partition coefficient (Wildman–Crippen LogP) is 2.36. The lowest BCUT2D eigenvalue weighted by Gasteiger charge is -2.07. The molecule has 1 atom stereocenters. The second-order valence-corrected chi connectivity index (χ2v) is 3.11. The highest BCUT2D eigenvalue weighted by Crippen LogP contribution is 2.12. The molecule has 0 aromatic rings. The van der Waals surface area contributed by atoms with E-state index in [9.17, 15) is 0 Å². The summed E-state index contributed by atoms with van der Waals surface area (Å²) in [5, 5.41) is 8.58. The van der Waals surface area contributed by atoms with Crippen molar-refractivity contribution in [3.8, 4) is 0 Å². The highest BCUT2D eigenvalue weighted by atomic mass is 16.2. The molecular weight excluding hydrogens is 124 g/mol. The number of hydrogen-bond donors (Lipinski definition) is 1. The van der Waals surface area contributed by atoms with Gasteiger partial charge in [-0.05, 0) is 32.1 Å². The molecule has 0 aliphatic heterocycles. The predicted molar refractivity (Wildman–Crippen MR) is 44.9 cm³/mol. The van der Waals surface area contributed by atoms with Gasteiger partial charge in [-0.25, -0.2) is 0 Å². The lowest BCUT2D eigenvalue weighted by Crippen LogP contribution is -1.97. The third kappa shape index (κ3) is 5.83. The van der Waals surface area contributed by atoms with E-state index in [0.29, 0.717) is 12.5 Å². The minimum absolute atomic E-state index is 0.317. The molecule has 60 valence electrons. The van der Waals surface area contributed by atoms with Crippen molar-refractivity contribution in [3.63, 3.8) is 0 Å². The molecule has 0 bridgehead atoms. The molecule has 0 aromatic heterocycles. The van der Waals surface area contributed by atoms with Crippen molar-refractivity contribution >= 4 is 0 Å². The van der Waals surface area contributed by atoms with Gasteiger partial charge in [0.15, 0.2) is 0 Å². The summed E-state index contributed by atoms with van der Waals surface area (Å²) in [4.78, 5) is 0. The minimum atomic E-state index is 0.317. The summed E-state index contributed by atoms with van der Waals surface area (Å²) < 4.78 is 0. The van der Waals surface area contributed by atoms with Crippen LogP contribution in [0.25, 0.3) is 0 Å². The second kappa shape index (κ2) is 5.48. The molecule has 0 saturated heterocycles. The van der Waals surface area contributed by atoms with E-state index in [-0.39, 0.29) is 0 Å². The summed E-state index contributed by atoms with van der Waals surface area (Å²) in [6.45, 7) is 8.35. The van der Waals surface area contributed by atoms with Crippen molar-refractivity contribution < 1.29 is 5.11 Å². The number of rotatable bonds is 5. The average Bonchev–Trinajstić information content (AvgIpc) is 1.85. The first-order valence-electron chi connectivity index (χ1n) is 3.92. The summed E-state index contributed by atoms with van der Waals surface area (Å²) in [6, 6.07) is 0. The summed E-state index contributed by atoms with van der Waals surface area (Å²) in [6.07, 6.45) is 3.18. The van der Waals surface area contributed by atoms with E-state index in [4.69, 9.17) is 5.11 Å². The monoisotopic (exact) mass is 142 g/mol. The quantitative estimate of drug-likeness (QED) is 0.584. The van der Waals surface area contributed by atoms with Crippen molar-refractivity contribution in [2.45, 2.75) is 33.1 Å². The Hall–Kier alpha value is -0.300. The van der Waals surface area contributed by atoms with Gasteiger partial charge in [0, 0.05) is 6.61 Å². The van der Waals surface area contributed by atoms with Gasteiger partial charge in [-0.1, -0.05) is 12.5 Å². The van der Waals surface area contributed by atoms with Crippen molar-refractivity contribution in [1.82, 2.24) is 0 Å². The van der Waals surface area contributed by atoms with E-state index < -0.39 is 0 Å².